The summed E-state index contributed by atoms with van der Waals surface area (Å²) >= 11 is 0. The van der Waals surface area contributed by atoms with Gasteiger partial charge in [0.05, 0.1) is 11.0 Å². The second-order valence-electron chi connectivity index (χ2n) is 6.19. The summed E-state index contributed by atoms with van der Waals surface area (Å²) in [4.78, 5) is 16.3. The lowest BCUT2D eigenvalue weighted by Crippen LogP contribution is -2.37. The van der Waals surface area contributed by atoms with Crippen LogP contribution in [0, 0.1) is 5.82 Å². The van der Waals surface area contributed by atoms with E-state index in [1.54, 1.807) is 18.7 Å². The fourth-order valence-corrected chi connectivity index (χ4v) is 3.28. The molecule has 27 heavy (non-hydrogen) atoms. The van der Waals surface area contributed by atoms with Crippen molar-refractivity contribution < 1.29 is 8.96 Å². The molecule has 0 fully saturated rings. The molecule has 3 heterocycles. The molecule has 0 radical (unpaired) electrons. The number of H-pyrrole nitrogens is 1. The predicted molar refractivity (Wildman–Crippen MR) is 98.6 cm³/mol. The van der Waals surface area contributed by atoms with Crippen molar-refractivity contribution in [3.05, 3.63) is 72.8 Å². The maximum atomic E-state index is 13.9. The van der Waals surface area contributed by atoms with Crippen LogP contribution in [0.25, 0.3) is 27.9 Å². The molecule has 7 nitrogen and oxygen atoms in total. The Hall–Kier alpha value is -3.81. The number of hydrogen-bond donors (Lipinski definition) is 2. The number of aromatic nitrogens is 6. The first-order valence-corrected chi connectivity index (χ1v) is 8.40. The number of nitrogens with zero attached hydrogens (tertiary/aromatic N) is 5. The molecule has 0 atom stereocenters. The van der Waals surface area contributed by atoms with Crippen molar-refractivity contribution in [2.45, 2.75) is 6.54 Å². The second kappa shape index (κ2) is 5.87. The zero-order valence-electron chi connectivity index (χ0n) is 14.2. The molecule has 0 saturated carbocycles. The number of para-hydroxylation sites is 1. The summed E-state index contributed by atoms with van der Waals surface area (Å²) < 4.78 is 17.7. The highest BCUT2D eigenvalue weighted by Gasteiger charge is 2.19. The monoisotopic (exact) mass is 360 g/mol. The maximum absolute atomic E-state index is 13.9. The Morgan fingerprint density at radius 3 is 2.81 bits per heavy atom. The first-order valence-electron chi connectivity index (χ1n) is 8.40. The smallest absolute Gasteiger partial charge is 0.293 e. The fourth-order valence-electron chi connectivity index (χ4n) is 3.28. The van der Waals surface area contributed by atoms with Crippen molar-refractivity contribution in [3.63, 3.8) is 0 Å². The summed E-state index contributed by atoms with van der Waals surface area (Å²) in [7, 11) is 0. The van der Waals surface area contributed by atoms with Crippen molar-refractivity contribution in [2.24, 2.45) is 0 Å². The Morgan fingerprint density at radius 2 is 1.96 bits per heavy atom. The Kier molecular flexibility index (Phi) is 3.36. The summed E-state index contributed by atoms with van der Waals surface area (Å²) in [6.45, 7) is 0.403. The van der Waals surface area contributed by atoms with Crippen molar-refractivity contribution in [1.29, 1.82) is 0 Å². The first kappa shape index (κ1) is 15.4. The molecule has 0 saturated heterocycles. The van der Waals surface area contributed by atoms with E-state index >= 15 is 0 Å². The minimum Gasteiger partial charge on any atom is -0.368 e. The highest BCUT2D eigenvalue weighted by molar-refractivity contribution is 5.79. The van der Waals surface area contributed by atoms with Crippen LogP contribution in [-0.2, 0) is 6.54 Å². The third-order valence-corrected chi connectivity index (χ3v) is 4.50. The molecule has 132 valence electrons. The van der Waals surface area contributed by atoms with Gasteiger partial charge in [0.15, 0.2) is 11.8 Å². The molecule has 5 aromatic rings. The lowest BCUT2D eigenvalue weighted by Gasteiger charge is -2.09. The van der Waals surface area contributed by atoms with E-state index in [1.807, 2.05) is 39.5 Å². The average molecular weight is 360 g/mol. The van der Waals surface area contributed by atoms with Gasteiger partial charge in [-0.05, 0) is 24.3 Å². The molecule has 0 bridgehead atoms. The quantitative estimate of drug-likeness (QED) is 0.483. The second-order valence-corrected chi connectivity index (χ2v) is 6.19. The van der Waals surface area contributed by atoms with Gasteiger partial charge in [0.2, 0.25) is 12.1 Å². The molecular formula is C19H15FN7+. The van der Waals surface area contributed by atoms with Crippen LogP contribution in [0.15, 0.2) is 61.2 Å². The molecule has 3 N–H and O–H groups in total. The normalized spacial score (nSPS) is 11.4. The SMILES string of the molecule is Nc1nc[n+](Cc2nc3ccc(F)cc3n2-c2ccccc2)c2nc[nH]c12. The summed E-state index contributed by atoms with van der Waals surface area (Å²) in [6.07, 6.45) is 3.21. The number of nitrogen functional groups attached to an aromatic ring is 1. The highest BCUT2D eigenvalue weighted by Crippen LogP contribution is 2.23. The van der Waals surface area contributed by atoms with Crippen molar-refractivity contribution >= 4 is 28.0 Å². The molecule has 0 amide bonds. The highest BCUT2D eigenvalue weighted by atomic mass is 19.1. The third kappa shape index (κ3) is 2.50. The van der Waals surface area contributed by atoms with Crippen molar-refractivity contribution in [1.82, 2.24) is 24.5 Å². The topological polar surface area (TPSA) is 89.3 Å². The Balaban J connectivity index is 1.73. The maximum Gasteiger partial charge on any atom is 0.293 e. The van der Waals surface area contributed by atoms with Crippen LogP contribution < -0.4 is 10.3 Å². The van der Waals surface area contributed by atoms with Gasteiger partial charge in [-0.2, -0.15) is 0 Å². The van der Waals surface area contributed by atoms with Gasteiger partial charge in [-0.1, -0.05) is 28.2 Å². The van der Waals surface area contributed by atoms with Gasteiger partial charge >= 0.3 is 0 Å². The van der Waals surface area contributed by atoms with E-state index in [-0.39, 0.29) is 5.82 Å². The molecule has 5 rings (SSSR count). The standard InChI is InChI=1S/C19H14FN7/c20-12-6-7-14-15(8-12)27(13-4-2-1-3-5-13)16(25-14)9-26-11-24-18(21)17-19(26)23-10-22-17/h1-8,10-11H,9H2,(H2,21,22,23)/p+1. The molecule has 0 unspecified atom stereocenters. The molecule has 0 aliphatic carbocycles. The van der Waals surface area contributed by atoms with Gasteiger partial charge in [-0.25, -0.2) is 13.9 Å². The Morgan fingerprint density at radius 1 is 1.11 bits per heavy atom. The summed E-state index contributed by atoms with van der Waals surface area (Å²) in [6, 6.07) is 14.3. The van der Waals surface area contributed by atoms with E-state index in [4.69, 9.17) is 10.7 Å². The van der Waals surface area contributed by atoms with Gasteiger partial charge in [-0.3, -0.25) is 4.57 Å². The number of hydrogen-bond acceptors (Lipinski definition) is 4. The van der Waals surface area contributed by atoms with Crippen molar-refractivity contribution in [3.8, 4) is 5.69 Å². The number of imidazole rings is 2. The number of fused-ring (bicyclic) bond motifs is 2. The average Bonchev–Trinajstić information content (AvgIpc) is 3.30. The third-order valence-electron chi connectivity index (χ3n) is 4.50. The van der Waals surface area contributed by atoms with Crippen LogP contribution in [0.4, 0.5) is 10.2 Å². The van der Waals surface area contributed by atoms with E-state index < -0.39 is 0 Å². The van der Waals surface area contributed by atoms with E-state index in [0.717, 1.165) is 17.0 Å². The summed E-state index contributed by atoms with van der Waals surface area (Å²) in [5.41, 5.74) is 9.59. The molecule has 8 heteroatoms. The van der Waals surface area contributed by atoms with E-state index in [0.29, 0.717) is 29.0 Å². The van der Waals surface area contributed by atoms with Crippen LogP contribution in [0.5, 0.6) is 0 Å². The number of halogens is 1. The lowest BCUT2D eigenvalue weighted by atomic mass is 10.2. The summed E-state index contributed by atoms with van der Waals surface area (Å²) in [5, 5.41) is 0. The minimum absolute atomic E-state index is 0.303. The van der Waals surface area contributed by atoms with Gasteiger partial charge in [0, 0.05) is 11.8 Å². The number of benzene rings is 2. The van der Waals surface area contributed by atoms with E-state index in [1.165, 1.54) is 12.1 Å². The molecular weight excluding hydrogens is 345 g/mol. The molecule has 0 aliphatic heterocycles. The number of aromatic amines is 1. The summed E-state index contributed by atoms with van der Waals surface area (Å²) in [5.74, 6) is 0.822. The molecule has 2 aromatic carbocycles. The predicted octanol–water partition coefficient (Wildman–Crippen LogP) is 2.35. The fraction of sp³-hybridized carbons (Fsp3) is 0.0526. The largest absolute Gasteiger partial charge is 0.368 e. The Labute approximate surface area is 152 Å². The zero-order valence-corrected chi connectivity index (χ0v) is 14.2. The van der Waals surface area contributed by atoms with Crippen LogP contribution in [0.3, 0.4) is 0 Å². The number of rotatable bonds is 3. The molecule has 0 aliphatic rings. The minimum atomic E-state index is -0.303. The van der Waals surface area contributed by atoms with Crippen LogP contribution >= 0.6 is 0 Å². The van der Waals surface area contributed by atoms with Crippen LogP contribution in [0.2, 0.25) is 0 Å². The zero-order chi connectivity index (χ0) is 18.4. The number of nitrogens with one attached hydrogen (secondary N) is 1. The van der Waals surface area contributed by atoms with Crippen LogP contribution in [-0.4, -0.2) is 24.5 Å². The van der Waals surface area contributed by atoms with Crippen molar-refractivity contribution in [2.75, 3.05) is 5.73 Å². The molecule has 3 aromatic heterocycles. The number of nitrogens with two attached hydrogens (primary N) is 1. The van der Waals surface area contributed by atoms with Gasteiger partial charge in [-0.15, -0.1) is 0 Å². The van der Waals surface area contributed by atoms with E-state index in [9.17, 15) is 4.39 Å². The Bertz CT molecular complexity index is 1270. The lowest BCUT2D eigenvalue weighted by molar-refractivity contribution is -0.668. The van der Waals surface area contributed by atoms with Gasteiger partial charge < -0.3 is 10.7 Å². The van der Waals surface area contributed by atoms with E-state index in [2.05, 4.69) is 15.0 Å². The van der Waals surface area contributed by atoms with Gasteiger partial charge in [0.1, 0.15) is 18.2 Å². The first-order chi connectivity index (χ1) is 13.2. The number of anilines is 1. The van der Waals surface area contributed by atoms with Crippen LogP contribution in [0.1, 0.15) is 5.82 Å². The molecule has 0 spiro atoms. The van der Waals surface area contributed by atoms with Gasteiger partial charge in [0.25, 0.3) is 5.65 Å².